The van der Waals surface area contributed by atoms with Crippen molar-refractivity contribution in [3.05, 3.63) is 24.8 Å². The third-order valence-electron chi connectivity index (χ3n) is 5.03. The van der Waals surface area contributed by atoms with Gasteiger partial charge in [-0.05, 0) is 25.2 Å². The molecule has 8 heteroatoms. The first-order chi connectivity index (χ1) is 12.4. The van der Waals surface area contributed by atoms with Crippen molar-refractivity contribution in [3.63, 3.8) is 0 Å². The zero-order chi connectivity index (χ0) is 18.7. The first kappa shape index (κ1) is 18.5. The average molecular weight is 363 g/mol. The predicted molar refractivity (Wildman–Crippen MR) is 93.8 cm³/mol. The quantitative estimate of drug-likeness (QED) is 0.777. The zero-order valence-electron chi connectivity index (χ0n) is 15.3. The zero-order valence-corrected chi connectivity index (χ0v) is 15.3. The molecule has 1 N–H and O–H groups in total. The Balaban J connectivity index is 1.50. The summed E-state index contributed by atoms with van der Waals surface area (Å²) in [5.74, 6) is -0.434. The monoisotopic (exact) mass is 363 g/mol. The number of halogens is 1. The normalized spacial score (nSPS) is 22.8. The van der Waals surface area contributed by atoms with E-state index in [0.717, 1.165) is 19.3 Å². The molecule has 0 aromatic carbocycles. The van der Waals surface area contributed by atoms with Gasteiger partial charge in [0.15, 0.2) is 5.67 Å². The van der Waals surface area contributed by atoms with Crippen molar-refractivity contribution in [2.24, 2.45) is 11.8 Å². The van der Waals surface area contributed by atoms with E-state index in [1.54, 1.807) is 4.90 Å². The van der Waals surface area contributed by atoms with Gasteiger partial charge in [-0.15, -0.1) is 0 Å². The number of hydrogen-bond acceptors (Lipinski definition) is 4. The van der Waals surface area contributed by atoms with Crippen LogP contribution in [0.15, 0.2) is 24.8 Å². The SMILES string of the molecule is CC(C)C(C(=O)NCC1(F)CN(C(=O)C2C=CCCC2)C1)n1cncn1. The maximum atomic E-state index is 14.8. The third kappa shape index (κ3) is 3.94. The lowest BCUT2D eigenvalue weighted by atomic mass is 9.90. The number of allylic oxidation sites excluding steroid dienone is 1. The van der Waals surface area contributed by atoms with Crippen molar-refractivity contribution in [1.82, 2.24) is 25.0 Å². The standard InChI is InChI=1S/C18H26FN5O2/c1-13(2)15(24-12-20-11-22-24)16(25)21-8-18(19)9-23(10-18)17(26)14-6-4-3-5-7-14/h4,6,11-15H,3,5,7-10H2,1-2H3,(H,21,25). The number of nitrogens with one attached hydrogen (secondary N) is 1. The second kappa shape index (κ2) is 7.55. The van der Waals surface area contributed by atoms with Gasteiger partial charge >= 0.3 is 0 Å². The molecule has 2 heterocycles. The van der Waals surface area contributed by atoms with Crippen LogP contribution in [0.4, 0.5) is 4.39 Å². The highest BCUT2D eigenvalue weighted by Crippen LogP contribution is 2.29. The fourth-order valence-electron chi connectivity index (χ4n) is 3.60. The van der Waals surface area contributed by atoms with Gasteiger partial charge < -0.3 is 10.2 Å². The summed E-state index contributed by atoms with van der Waals surface area (Å²) in [6.45, 7) is 3.77. The Hall–Kier alpha value is -2.25. The molecule has 1 aliphatic carbocycles. The van der Waals surface area contributed by atoms with E-state index in [4.69, 9.17) is 0 Å². The van der Waals surface area contributed by atoms with Crippen LogP contribution < -0.4 is 5.32 Å². The highest BCUT2D eigenvalue weighted by Gasteiger charge is 2.47. The molecule has 2 aliphatic rings. The lowest BCUT2D eigenvalue weighted by molar-refractivity contribution is -0.148. The van der Waals surface area contributed by atoms with Gasteiger partial charge in [-0.1, -0.05) is 26.0 Å². The third-order valence-corrected chi connectivity index (χ3v) is 5.03. The molecule has 7 nitrogen and oxygen atoms in total. The molecule has 0 saturated carbocycles. The van der Waals surface area contributed by atoms with Crippen LogP contribution in [-0.2, 0) is 9.59 Å². The minimum atomic E-state index is -1.56. The molecule has 1 aromatic heterocycles. The molecular formula is C18H26FN5O2. The van der Waals surface area contributed by atoms with E-state index in [2.05, 4.69) is 15.4 Å². The predicted octanol–water partition coefficient (Wildman–Crippen LogP) is 1.50. The van der Waals surface area contributed by atoms with Crippen LogP contribution in [0.5, 0.6) is 0 Å². The Kier molecular flexibility index (Phi) is 5.38. The second-order valence-corrected chi connectivity index (χ2v) is 7.59. The van der Waals surface area contributed by atoms with Gasteiger partial charge in [0, 0.05) is 0 Å². The molecule has 1 aromatic rings. The molecule has 1 aliphatic heterocycles. The molecule has 26 heavy (non-hydrogen) atoms. The highest BCUT2D eigenvalue weighted by atomic mass is 19.1. The summed E-state index contributed by atoms with van der Waals surface area (Å²) in [4.78, 5) is 30.2. The molecule has 142 valence electrons. The van der Waals surface area contributed by atoms with Crippen LogP contribution in [0.1, 0.15) is 39.2 Å². The van der Waals surface area contributed by atoms with Gasteiger partial charge in [0.25, 0.3) is 0 Å². The van der Waals surface area contributed by atoms with Gasteiger partial charge in [-0.2, -0.15) is 5.10 Å². The average Bonchev–Trinajstić information content (AvgIpc) is 3.11. The molecule has 0 spiro atoms. The molecule has 2 unspecified atom stereocenters. The maximum Gasteiger partial charge on any atom is 0.245 e. The van der Waals surface area contributed by atoms with Gasteiger partial charge in [-0.3, -0.25) is 9.59 Å². The van der Waals surface area contributed by atoms with Crippen LogP contribution in [-0.4, -0.2) is 56.8 Å². The minimum Gasteiger partial charge on any atom is -0.351 e. The first-order valence-corrected chi connectivity index (χ1v) is 9.16. The Bertz CT molecular complexity index is 667. The summed E-state index contributed by atoms with van der Waals surface area (Å²) in [6, 6.07) is -0.536. The first-order valence-electron chi connectivity index (χ1n) is 9.16. The Labute approximate surface area is 152 Å². The number of alkyl halides is 1. The summed E-state index contributed by atoms with van der Waals surface area (Å²) in [5.41, 5.74) is -1.56. The van der Waals surface area contributed by atoms with Crippen molar-refractivity contribution in [3.8, 4) is 0 Å². The summed E-state index contributed by atoms with van der Waals surface area (Å²) in [6.07, 6.45) is 9.63. The number of nitrogens with zero attached hydrogens (tertiary/aromatic N) is 4. The molecule has 0 bridgehead atoms. The smallest absolute Gasteiger partial charge is 0.245 e. The molecule has 2 amide bonds. The Morgan fingerprint density at radius 3 is 2.73 bits per heavy atom. The number of amides is 2. The number of carbonyl (C=O) groups is 2. The van der Waals surface area contributed by atoms with Crippen molar-refractivity contribution in [2.75, 3.05) is 19.6 Å². The van der Waals surface area contributed by atoms with Crippen molar-refractivity contribution >= 4 is 11.8 Å². The van der Waals surface area contributed by atoms with Gasteiger partial charge in [-0.25, -0.2) is 14.1 Å². The van der Waals surface area contributed by atoms with E-state index in [1.807, 2.05) is 26.0 Å². The minimum absolute atomic E-state index is 0.00943. The van der Waals surface area contributed by atoms with Crippen molar-refractivity contribution in [1.29, 1.82) is 0 Å². The number of hydrogen-bond donors (Lipinski definition) is 1. The van der Waals surface area contributed by atoms with E-state index >= 15 is 0 Å². The Morgan fingerprint density at radius 2 is 2.15 bits per heavy atom. The Morgan fingerprint density at radius 1 is 1.38 bits per heavy atom. The summed E-state index contributed by atoms with van der Waals surface area (Å²) in [5, 5.41) is 6.70. The lowest BCUT2D eigenvalue weighted by Gasteiger charge is -2.45. The van der Waals surface area contributed by atoms with Crippen LogP contribution in [0.3, 0.4) is 0 Å². The van der Waals surface area contributed by atoms with Crippen LogP contribution in [0.25, 0.3) is 0 Å². The van der Waals surface area contributed by atoms with Crippen molar-refractivity contribution in [2.45, 2.75) is 44.8 Å². The number of aromatic nitrogens is 3. The van der Waals surface area contributed by atoms with Crippen molar-refractivity contribution < 1.29 is 14.0 Å². The number of likely N-dealkylation sites (tertiary alicyclic amines) is 1. The highest BCUT2D eigenvalue weighted by molar-refractivity contribution is 5.82. The topological polar surface area (TPSA) is 80.1 Å². The molecule has 2 atom stereocenters. The number of carbonyl (C=O) groups excluding carboxylic acids is 2. The molecule has 3 rings (SSSR count). The van der Waals surface area contributed by atoms with E-state index in [-0.39, 0.29) is 43.3 Å². The van der Waals surface area contributed by atoms with Crippen LogP contribution >= 0.6 is 0 Å². The summed E-state index contributed by atoms with van der Waals surface area (Å²) in [7, 11) is 0. The van der Waals surface area contributed by atoms with Crippen LogP contribution in [0, 0.1) is 11.8 Å². The summed E-state index contributed by atoms with van der Waals surface area (Å²) >= 11 is 0. The van der Waals surface area contributed by atoms with E-state index < -0.39 is 11.7 Å². The largest absolute Gasteiger partial charge is 0.351 e. The van der Waals surface area contributed by atoms with E-state index in [9.17, 15) is 14.0 Å². The van der Waals surface area contributed by atoms with Gasteiger partial charge in [0.2, 0.25) is 11.8 Å². The summed E-state index contributed by atoms with van der Waals surface area (Å²) < 4.78 is 16.3. The molecular weight excluding hydrogens is 337 g/mol. The lowest BCUT2D eigenvalue weighted by Crippen LogP contribution is -2.66. The van der Waals surface area contributed by atoms with Gasteiger partial charge in [0.05, 0.1) is 25.6 Å². The van der Waals surface area contributed by atoms with E-state index in [1.165, 1.54) is 17.3 Å². The van der Waals surface area contributed by atoms with Gasteiger partial charge in [0.1, 0.15) is 18.7 Å². The molecule has 0 radical (unpaired) electrons. The number of rotatable bonds is 6. The fraction of sp³-hybridized carbons (Fsp3) is 0.667. The molecule has 1 fully saturated rings. The second-order valence-electron chi connectivity index (χ2n) is 7.59. The van der Waals surface area contributed by atoms with E-state index in [0.29, 0.717) is 0 Å². The molecule has 1 saturated heterocycles. The van der Waals surface area contributed by atoms with Crippen LogP contribution in [0.2, 0.25) is 0 Å². The fourth-order valence-corrected chi connectivity index (χ4v) is 3.60. The maximum absolute atomic E-state index is 14.8.